The van der Waals surface area contributed by atoms with Crippen LogP contribution >= 0.6 is 11.8 Å². The van der Waals surface area contributed by atoms with E-state index in [4.69, 9.17) is 5.73 Å². The molecule has 2 saturated heterocycles. The van der Waals surface area contributed by atoms with Crippen LogP contribution in [0.15, 0.2) is 0 Å². The summed E-state index contributed by atoms with van der Waals surface area (Å²) < 4.78 is 0. The number of thioether (sulfide) groups is 1. The number of hydrogen-bond donors (Lipinski definition) is 6. The molecule has 0 aromatic heterocycles. The number of primary amides is 1. The van der Waals surface area contributed by atoms with Crippen molar-refractivity contribution in [3.63, 3.8) is 0 Å². The molecule has 8 atom stereocenters. The highest BCUT2D eigenvalue weighted by Crippen LogP contribution is 2.39. The summed E-state index contributed by atoms with van der Waals surface area (Å²) in [6, 6.07) is -2.00. The number of hydrogen-bond acceptors (Lipinski definition) is 7. The second kappa shape index (κ2) is 7.90. The lowest BCUT2D eigenvalue weighted by atomic mass is 9.87. The first kappa shape index (κ1) is 20.0. The van der Waals surface area contributed by atoms with Crippen LogP contribution in [0.4, 0.5) is 0 Å². The monoisotopic (exact) mass is 375 g/mol. The van der Waals surface area contributed by atoms with Gasteiger partial charge in [0, 0.05) is 23.1 Å². The van der Waals surface area contributed by atoms with E-state index in [2.05, 4.69) is 10.6 Å². The summed E-state index contributed by atoms with van der Waals surface area (Å²) in [4.78, 5) is 34.4. The Morgan fingerprint density at radius 1 is 1.28 bits per heavy atom. The molecule has 0 radical (unpaired) electrons. The zero-order valence-electron chi connectivity index (χ0n) is 14.1. The summed E-state index contributed by atoms with van der Waals surface area (Å²) in [5, 5.41) is 34.3. The molecule has 1 unspecified atom stereocenters. The van der Waals surface area contributed by atoms with Crippen LogP contribution in [-0.4, -0.2) is 74.4 Å². The molecule has 2 aliphatic heterocycles. The van der Waals surface area contributed by atoms with Crippen molar-refractivity contribution in [2.24, 2.45) is 17.6 Å². The fourth-order valence-corrected chi connectivity index (χ4v) is 5.42. The fraction of sp³-hybridized carbons (Fsp3) is 0.800. The third-order valence-corrected chi connectivity index (χ3v) is 6.79. The molecule has 1 amide bonds. The molecule has 0 spiro atoms. The zero-order chi connectivity index (χ0) is 18.9. The van der Waals surface area contributed by atoms with Gasteiger partial charge in [0.05, 0.1) is 18.1 Å². The average Bonchev–Trinajstić information content (AvgIpc) is 3.07. The van der Waals surface area contributed by atoms with Gasteiger partial charge in [0.25, 0.3) is 0 Å². The fourth-order valence-electron chi connectivity index (χ4n) is 3.71. The number of rotatable bonds is 7. The molecule has 2 fully saturated rings. The maximum Gasteiger partial charge on any atom is 0.321 e. The van der Waals surface area contributed by atoms with Crippen molar-refractivity contribution in [2.75, 3.05) is 6.54 Å². The highest BCUT2D eigenvalue weighted by atomic mass is 32.2. The Morgan fingerprint density at radius 3 is 2.36 bits per heavy atom. The number of nitrogens with one attached hydrogen (secondary N) is 2. The van der Waals surface area contributed by atoms with Crippen LogP contribution in [0.5, 0.6) is 0 Å². The number of nitrogens with two attached hydrogens (primary N) is 1. The molecular formula is C15H25N3O6S. The number of aliphatic hydroxyl groups excluding tert-OH is 1. The van der Waals surface area contributed by atoms with Gasteiger partial charge in [-0.25, -0.2) is 0 Å². The number of aliphatic hydroxyl groups is 1. The predicted octanol–water partition coefficient (Wildman–Crippen LogP) is -1.55. The Labute approximate surface area is 149 Å². The van der Waals surface area contributed by atoms with Crippen LogP contribution in [0.25, 0.3) is 0 Å². The van der Waals surface area contributed by atoms with Crippen LogP contribution in [0.1, 0.15) is 20.3 Å². The van der Waals surface area contributed by atoms with Gasteiger partial charge >= 0.3 is 11.9 Å². The third-order valence-electron chi connectivity index (χ3n) is 5.03. The first-order valence-corrected chi connectivity index (χ1v) is 9.15. The molecule has 2 rings (SSSR count). The molecule has 0 aromatic carbocycles. The number of carboxylic acids is 2. The van der Waals surface area contributed by atoms with Crippen molar-refractivity contribution in [3.8, 4) is 0 Å². The zero-order valence-corrected chi connectivity index (χ0v) is 14.9. The van der Waals surface area contributed by atoms with Gasteiger partial charge in [0.15, 0.2) is 0 Å². The number of carbonyl (C=O) groups excluding carboxylic acids is 1. The molecule has 7 N–H and O–H groups in total. The average molecular weight is 375 g/mol. The topological polar surface area (TPSA) is 162 Å². The van der Waals surface area contributed by atoms with E-state index >= 15 is 0 Å². The second-order valence-electron chi connectivity index (χ2n) is 6.79. The summed E-state index contributed by atoms with van der Waals surface area (Å²) >= 11 is 1.44. The molecule has 25 heavy (non-hydrogen) atoms. The van der Waals surface area contributed by atoms with E-state index in [0.29, 0.717) is 13.0 Å². The lowest BCUT2D eigenvalue weighted by molar-refractivity contribution is -0.147. The number of amides is 1. The highest BCUT2D eigenvalue weighted by molar-refractivity contribution is 8.00. The van der Waals surface area contributed by atoms with Crippen molar-refractivity contribution in [2.45, 2.75) is 55.0 Å². The van der Waals surface area contributed by atoms with Gasteiger partial charge in [-0.3, -0.25) is 19.7 Å². The van der Waals surface area contributed by atoms with Crippen molar-refractivity contribution >= 4 is 29.6 Å². The molecule has 0 aromatic rings. The first-order chi connectivity index (χ1) is 11.6. The minimum absolute atomic E-state index is 0.0159. The molecule has 0 bridgehead atoms. The van der Waals surface area contributed by atoms with Gasteiger partial charge in [0.1, 0.15) is 6.04 Å². The van der Waals surface area contributed by atoms with E-state index in [0.717, 1.165) is 0 Å². The second-order valence-corrected chi connectivity index (χ2v) is 8.28. The number of carbonyl (C=O) groups is 3. The van der Waals surface area contributed by atoms with Gasteiger partial charge in [-0.05, 0) is 19.3 Å². The van der Waals surface area contributed by atoms with E-state index in [1.54, 1.807) is 6.92 Å². The van der Waals surface area contributed by atoms with Crippen molar-refractivity contribution in [1.82, 2.24) is 10.6 Å². The van der Waals surface area contributed by atoms with E-state index in [1.165, 1.54) is 18.7 Å². The van der Waals surface area contributed by atoms with Crippen LogP contribution in [-0.2, 0) is 14.4 Å². The Bertz CT molecular complexity index is 545. The number of aliphatic carboxylic acids is 2. The molecular weight excluding hydrogens is 350 g/mol. The molecule has 2 heterocycles. The molecule has 142 valence electrons. The molecule has 0 saturated carbocycles. The lowest BCUT2D eigenvalue weighted by Gasteiger charge is -2.27. The largest absolute Gasteiger partial charge is 0.481 e. The van der Waals surface area contributed by atoms with E-state index in [1.807, 2.05) is 0 Å². The van der Waals surface area contributed by atoms with E-state index in [9.17, 15) is 29.7 Å². The van der Waals surface area contributed by atoms with Gasteiger partial charge < -0.3 is 26.4 Å². The molecule has 10 heteroatoms. The van der Waals surface area contributed by atoms with Crippen LogP contribution < -0.4 is 16.4 Å². The van der Waals surface area contributed by atoms with Crippen molar-refractivity contribution in [3.05, 3.63) is 0 Å². The Kier molecular flexibility index (Phi) is 6.30. The predicted molar refractivity (Wildman–Crippen MR) is 91.1 cm³/mol. The van der Waals surface area contributed by atoms with Gasteiger partial charge in [0.2, 0.25) is 5.91 Å². The SMILES string of the molecule is C[C@@H]1[C@H]([C@H](C(=O)O)[C@@H](C)O)NC(C(=O)O)[C@@H]1S[C@@H]1CN[C@@H](C(N)=O)C1. The Morgan fingerprint density at radius 2 is 1.92 bits per heavy atom. The minimum atomic E-state index is -1.16. The smallest absolute Gasteiger partial charge is 0.321 e. The number of carboxylic acid groups (broad SMARTS) is 2. The van der Waals surface area contributed by atoms with E-state index < -0.39 is 48.0 Å². The van der Waals surface area contributed by atoms with Crippen molar-refractivity contribution < 1.29 is 29.7 Å². The van der Waals surface area contributed by atoms with Crippen LogP contribution in [0.3, 0.4) is 0 Å². The maximum atomic E-state index is 11.6. The summed E-state index contributed by atoms with van der Waals surface area (Å²) in [7, 11) is 0. The van der Waals surface area contributed by atoms with Crippen molar-refractivity contribution in [1.29, 1.82) is 0 Å². The molecule has 9 nitrogen and oxygen atoms in total. The quantitative estimate of drug-likeness (QED) is 0.309. The van der Waals surface area contributed by atoms with E-state index in [-0.39, 0.29) is 16.4 Å². The maximum absolute atomic E-state index is 11.6. The summed E-state index contributed by atoms with van der Waals surface area (Å²) in [5.74, 6) is -4.03. The van der Waals surface area contributed by atoms with Gasteiger partial charge in [-0.15, -0.1) is 0 Å². The highest BCUT2D eigenvalue weighted by Gasteiger charge is 2.51. The Balaban J connectivity index is 2.14. The minimum Gasteiger partial charge on any atom is -0.481 e. The normalized spacial score (nSPS) is 37.6. The molecule has 0 aliphatic carbocycles. The van der Waals surface area contributed by atoms with Crippen LogP contribution in [0, 0.1) is 11.8 Å². The Hall–Kier alpha value is -1.36. The van der Waals surface area contributed by atoms with Crippen LogP contribution in [0.2, 0.25) is 0 Å². The first-order valence-electron chi connectivity index (χ1n) is 8.21. The lowest BCUT2D eigenvalue weighted by Crippen LogP contribution is -2.47. The summed E-state index contributed by atoms with van der Waals surface area (Å²) in [6.45, 7) is 3.73. The van der Waals surface area contributed by atoms with Gasteiger partial charge in [-0.1, -0.05) is 6.92 Å². The third kappa shape index (κ3) is 4.25. The standard InChI is InChI=1S/C15H25N3O6S/c1-5-10(9(6(2)19)14(21)22)18-11(15(23)24)12(5)25-7-3-8(13(16)20)17-4-7/h5-12,17-19H,3-4H2,1-2H3,(H2,16,20)(H,21,22)(H,23,24)/t5-,6-,7+,8-,9-,10-,11?,12-/m1/s1. The summed E-state index contributed by atoms with van der Waals surface area (Å²) in [5.41, 5.74) is 5.29. The summed E-state index contributed by atoms with van der Waals surface area (Å²) in [6.07, 6.45) is -0.595. The van der Waals surface area contributed by atoms with Gasteiger partial charge in [-0.2, -0.15) is 11.8 Å². The molecule has 2 aliphatic rings.